The summed E-state index contributed by atoms with van der Waals surface area (Å²) < 4.78 is 24.7. The highest BCUT2D eigenvalue weighted by Gasteiger charge is 2.15. The third kappa shape index (κ3) is 1.82. The van der Waals surface area contributed by atoms with Gasteiger partial charge in [-0.1, -0.05) is 0 Å². The zero-order chi connectivity index (χ0) is 10.0. The van der Waals surface area contributed by atoms with Crippen LogP contribution in [0.4, 0.5) is 8.78 Å². The van der Waals surface area contributed by atoms with Crippen molar-refractivity contribution >= 4 is 5.91 Å². The molecule has 1 heterocycles. The fraction of sp³-hybridized carbons (Fsp3) is 0.429. The van der Waals surface area contributed by atoms with E-state index >= 15 is 0 Å². The second-order valence-electron chi connectivity index (χ2n) is 2.46. The van der Waals surface area contributed by atoms with Crippen molar-refractivity contribution in [1.82, 2.24) is 15.1 Å². The fourth-order valence-corrected chi connectivity index (χ4v) is 0.939. The Kier molecular flexibility index (Phi) is 2.60. The van der Waals surface area contributed by atoms with Gasteiger partial charge < -0.3 is 5.32 Å². The number of aromatic nitrogens is 2. The number of halogens is 2. The van der Waals surface area contributed by atoms with Gasteiger partial charge in [0.2, 0.25) is 0 Å². The number of nitrogens with zero attached hydrogens (tertiary/aromatic N) is 2. The number of hydrogen-bond donors (Lipinski definition) is 1. The van der Waals surface area contributed by atoms with E-state index in [0.29, 0.717) is 10.4 Å². The summed E-state index contributed by atoms with van der Waals surface area (Å²) >= 11 is 0. The number of alkyl halides is 2. The summed E-state index contributed by atoms with van der Waals surface area (Å²) in [5.74, 6) is -0.413. The number of carbonyl (C=O) groups is 1. The smallest absolute Gasteiger partial charge is 0.333 e. The molecule has 0 atom stereocenters. The first-order valence-electron chi connectivity index (χ1n) is 3.62. The molecule has 1 N–H and O–H groups in total. The molecule has 0 aliphatic heterocycles. The maximum atomic E-state index is 12.1. The van der Waals surface area contributed by atoms with Gasteiger partial charge in [-0.05, 0) is 6.92 Å². The molecule has 13 heavy (non-hydrogen) atoms. The molecule has 0 aliphatic rings. The topological polar surface area (TPSA) is 46.9 Å². The summed E-state index contributed by atoms with van der Waals surface area (Å²) in [5, 5.41) is 5.82. The van der Waals surface area contributed by atoms with Crippen LogP contribution in [0.1, 0.15) is 22.6 Å². The summed E-state index contributed by atoms with van der Waals surface area (Å²) in [4.78, 5) is 11.1. The van der Waals surface area contributed by atoms with Crippen molar-refractivity contribution in [2.75, 3.05) is 7.05 Å². The van der Waals surface area contributed by atoms with Crippen LogP contribution in [0.3, 0.4) is 0 Å². The van der Waals surface area contributed by atoms with E-state index < -0.39 is 12.5 Å². The van der Waals surface area contributed by atoms with Crippen LogP contribution in [0.25, 0.3) is 0 Å². The predicted molar refractivity (Wildman–Crippen MR) is 41.6 cm³/mol. The highest BCUT2D eigenvalue weighted by molar-refractivity contribution is 5.94. The third-order valence-corrected chi connectivity index (χ3v) is 1.59. The Labute approximate surface area is 73.5 Å². The summed E-state index contributed by atoms with van der Waals surface area (Å²) in [5.41, 5.74) is 0.461. The average Bonchev–Trinajstić information content (AvgIpc) is 2.46. The first-order chi connectivity index (χ1) is 6.06. The molecule has 0 aliphatic carbocycles. The monoisotopic (exact) mass is 189 g/mol. The highest BCUT2D eigenvalue weighted by atomic mass is 19.3. The Morgan fingerprint density at radius 1 is 1.69 bits per heavy atom. The standard InChI is InChI=1S/C7H9F2N3O/c1-4-5(6(13)10-2)3-12(11-4)7(8)9/h3,7H,1-2H3,(H,10,13). The third-order valence-electron chi connectivity index (χ3n) is 1.59. The number of rotatable bonds is 2. The molecule has 0 fully saturated rings. The van der Waals surface area contributed by atoms with Crippen LogP contribution in [-0.2, 0) is 0 Å². The number of hydrogen-bond acceptors (Lipinski definition) is 2. The Balaban J connectivity index is 3.03. The van der Waals surface area contributed by atoms with E-state index in [9.17, 15) is 13.6 Å². The zero-order valence-electron chi connectivity index (χ0n) is 7.21. The normalized spacial score (nSPS) is 10.5. The molecule has 0 bridgehead atoms. The number of carbonyl (C=O) groups excluding carboxylic acids is 1. The summed E-state index contributed by atoms with van der Waals surface area (Å²) in [6, 6.07) is 0. The molecular formula is C7H9F2N3O. The average molecular weight is 189 g/mol. The van der Waals surface area contributed by atoms with Crippen LogP contribution in [0.5, 0.6) is 0 Å². The van der Waals surface area contributed by atoms with Crippen LogP contribution in [-0.4, -0.2) is 22.7 Å². The maximum Gasteiger partial charge on any atom is 0.333 e. The van der Waals surface area contributed by atoms with Crippen LogP contribution < -0.4 is 5.32 Å². The molecule has 0 saturated heterocycles. The lowest BCUT2D eigenvalue weighted by Crippen LogP contribution is -2.18. The molecule has 72 valence electrons. The van der Waals surface area contributed by atoms with Crippen molar-refractivity contribution in [2.45, 2.75) is 13.5 Å². The predicted octanol–water partition coefficient (Wildman–Crippen LogP) is 0.946. The van der Waals surface area contributed by atoms with Crippen molar-refractivity contribution in [3.63, 3.8) is 0 Å². The fourth-order valence-electron chi connectivity index (χ4n) is 0.939. The second-order valence-corrected chi connectivity index (χ2v) is 2.46. The SMILES string of the molecule is CNC(=O)c1cn(C(F)F)nc1C. The van der Waals surface area contributed by atoms with E-state index in [1.807, 2.05) is 0 Å². The first kappa shape index (κ1) is 9.63. The van der Waals surface area contributed by atoms with Gasteiger partial charge in [-0.25, -0.2) is 4.68 Å². The molecule has 1 rings (SSSR count). The lowest BCUT2D eigenvalue weighted by atomic mass is 10.2. The molecule has 0 unspecified atom stereocenters. The lowest BCUT2D eigenvalue weighted by Gasteiger charge is -1.95. The Bertz CT molecular complexity index is 322. The van der Waals surface area contributed by atoms with E-state index in [-0.39, 0.29) is 5.56 Å². The first-order valence-corrected chi connectivity index (χ1v) is 3.62. The molecule has 1 amide bonds. The number of amides is 1. The molecule has 1 aromatic rings. The van der Waals surface area contributed by atoms with Crippen molar-refractivity contribution in [1.29, 1.82) is 0 Å². The van der Waals surface area contributed by atoms with E-state index in [1.165, 1.54) is 14.0 Å². The largest absolute Gasteiger partial charge is 0.355 e. The second kappa shape index (κ2) is 3.51. The number of nitrogens with one attached hydrogen (secondary N) is 1. The van der Waals surface area contributed by atoms with E-state index in [4.69, 9.17) is 0 Å². The molecular weight excluding hydrogens is 180 g/mol. The Hall–Kier alpha value is -1.46. The van der Waals surface area contributed by atoms with Gasteiger partial charge in [-0.3, -0.25) is 4.79 Å². The van der Waals surface area contributed by atoms with E-state index in [1.54, 1.807) is 0 Å². The molecule has 6 heteroatoms. The van der Waals surface area contributed by atoms with Gasteiger partial charge in [0.05, 0.1) is 11.3 Å². The highest BCUT2D eigenvalue weighted by Crippen LogP contribution is 2.12. The zero-order valence-corrected chi connectivity index (χ0v) is 7.21. The molecule has 1 aromatic heterocycles. The quantitative estimate of drug-likeness (QED) is 0.752. The minimum Gasteiger partial charge on any atom is -0.355 e. The van der Waals surface area contributed by atoms with Crippen LogP contribution in [0.15, 0.2) is 6.20 Å². The molecule has 0 aromatic carbocycles. The van der Waals surface area contributed by atoms with Crippen molar-refractivity contribution in [2.24, 2.45) is 0 Å². The van der Waals surface area contributed by atoms with Crippen molar-refractivity contribution in [3.05, 3.63) is 17.5 Å². The van der Waals surface area contributed by atoms with E-state index in [2.05, 4.69) is 10.4 Å². The van der Waals surface area contributed by atoms with Gasteiger partial charge in [0.25, 0.3) is 5.91 Å². The molecule has 4 nitrogen and oxygen atoms in total. The van der Waals surface area contributed by atoms with E-state index in [0.717, 1.165) is 6.20 Å². The molecule has 0 saturated carbocycles. The Morgan fingerprint density at radius 2 is 2.31 bits per heavy atom. The van der Waals surface area contributed by atoms with Crippen molar-refractivity contribution in [3.8, 4) is 0 Å². The van der Waals surface area contributed by atoms with Gasteiger partial charge in [-0.2, -0.15) is 13.9 Å². The summed E-state index contributed by atoms with van der Waals surface area (Å²) in [6.45, 7) is -1.21. The van der Waals surface area contributed by atoms with Crippen LogP contribution in [0, 0.1) is 6.92 Å². The summed E-state index contributed by atoms with van der Waals surface area (Å²) in [7, 11) is 1.43. The Morgan fingerprint density at radius 3 is 2.69 bits per heavy atom. The lowest BCUT2D eigenvalue weighted by molar-refractivity contribution is 0.0562. The van der Waals surface area contributed by atoms with Gasteiger partial charge in [0, 0.05) is 13.2 Å². The molecule has 0 spiro atoms. The summed E-state index contributed by atoms with van der Waals surface area (Å²) in [6.07, 6.45) is 1.03. The van der Waals surface area contributed by atoms with Gasteiger partial charge in [0.1, 0.15) is 0 Å². The van der Waals surface area contributed by atoms with Crippen LogP contribution >= 0.6 is 0 Å². The van der Waals surface area contributed by atoms with Gasteiger partial charge in [0.15, 0.2) is 0 Å². The van der Waals surface area contributed by atoms with Crippen molar-refractivity contribution < 1.29 is 13.6 Å². The maximum absolute atomic E-state index is 12.1. The molecule has 0 radical (unpaired) electrons. The van der Waals surface area contributed by atoms with Gasteiger partial charge >= 0.3 is 6.55 Å². The van der Waals surface area contributed by atoms with Gasteiger partial charge in [-0.15, -0.1) is 0 Å². The van der Waals surface area contributed by atoms with Crippen LogP contribution in [0.2, 0.25) is 0 Å². The minimum absolute atomic E-state index is 0.169. The minimum atomic E-state index is -2.71. The number of aryl methyl sites for hydroxylation is 1.